The minimum atomic E-state index is -4.00. The first kappa shape index (κ1) is 20.0. The molecule has 0 aromatic heterocycles. The Hall–Kier alpha value is -2.77. The highest BCUT2D eigenvalue weighted by Gasteiger charge is 2.25. The van der Waals surface area contributed by atoms with Gasteiger partial charge in [-0.1, -0.05) is 30.3 Å². The van der Waals surface area contributed by atoms with E-state index >= 15 is 0 Å². The fourth-order valence-corrected chi connectivity index (χ4v) is 3.96. The van der Waals surface area contributed by atoms with Crippen LogP contribution in [0, 0.1) is 5.82 Å². The first-order valence-corrected chi connectivity index (χ1v) is 10.2. The van der Waals surface area contributed by atoms with Crippen LogP contribution in [0.5, 0.6) is 0 Å². The molecule has 3 aromatic rings. The van der Waals surface area contributed by atoms with Gasteiger partial charge in [-0.05, 0) is 48.0 Å². The summed E-state index contributed by atoms with van der Waals surface area (Å²) in [6, 6.07) is 16.9. The Bertz CT molecular complexity index is 1140. The zero-order chi connectivity index (χ0) is 20.5. The van der Waals surface area contributed by atoms with E-state index < -0.39 is 26.6 Å². The number of rotatable bonds is 5. The molecule has 0 unspecified atom stereocenters. The molecule has 0 heterocycles. The van der Waals surface area contributed by atoms with Crippen molar-refractivity contribution < 1.29 is 17.6 Å². The molecule has 3 aromatic carbocycles. The number of hydrogen-bond donors (Lipinski definition) is 0. The van der Waals surface area contributed by atoms with Crippen LogP contribution in [-0.4, -0.2) is 39.3 Å². The third-order valence-electron chi connectivity index (χ3n) is 4.54. The summed E-state index contributed by atoms with van der Waals surface area (Å²) in [5.41, 5.74) is 0.796. The quantitative estimate of drug-likeness (QED) is 0.653. The standard InChI is InChI=1S/C21H21FN2O3S/c1-4-24(18-11-9-15-7-5-6-8-16(15)13-18)21(25)17-10-12-19(22)20(14-17)28(26,27)23(2)3/h5-14H,4H2,1-3H3. The van der Waals surface area contributed by atoms with E-state index in [9.17, 15) is 17.6 Å². The van der Waals surface area contributed by atoms with Crippen molar-refractivity contribution in [1.82, 2.24) is 4.31 Å². The van der Waals surface area contributed by atoms with Crippen LogP contribution in [0.2, 0.25) is 0 Å². The molecule has 0 spiro atoms. The van der Waals surface area contributed by atoms with Gasteiger partial charge in [0.25, 0.3) is 5.91 Å². The minimum absolute atomic E-state index is 0.108. The van der Waals surface area contributed by atoms with E-state index in [1.807, 2.05) is 49.4 Å². The van der Waals surface area contributed by atoms with Crippen LogP contribution < -0.4 is 4.90 Å². The van der Waals surface area contributed by atoms with E-state index in [-0.39, 0.29) is 5.56 Å². The maximum atomic E-state index is 14.1. The van der Waals surface area contributed by atoms with Gasteiger partial charge in [0, 0.05) is 31.9 Å². The molecule has 3 rings (SSSR count). The molecule has 0 fully saturated rings. The van der Waals surface area contributed by atoms with Gasteiger partial charge in [-0.15, -0.1) is 0 Å². The summed E-state index contributed by atoms with van der Waals surface area (Å²) in [5, 5.41) is 2.04. The Labute approximate surface area is 164 Å². The van der Waals surface area contributed by atoms with Crippen LogP contribution in [0.15, 0.2) is 65.6 Å². The zero-order valence-electron chi connectivity index (χ0n) is 15.9. The van der Waals surface area contributed by atoms with Crippen LogP contribution in [0.3, 0.4) is 0 Å². The van der Waals surface area contributed by atoms with Crippen molar-refractivity contribution >= 4 is 32.4 Å². The molecule has 0 atom stereocenters. The Morgan fingerprint density at radius 3 is 2.29 bits per heavy atom. The lowest BCUT2D eigenvalue weighted by Crippen LogP contribution is -2.31. The predicted octanol–water partition coefficient (Wildman–Crippen LogP) is 3.90. The fourth-order valence-electron chi connectivity index (χ4n) is 2.97. The normalized spacial score (nSPS) is 11.8. The van der Waals surface area contributed by atoms with Gasteiger partial charge in [-0.25, -0.2) is 17.1 Å². The van der Waals surface area contributed by atoms with E-state index in [1.165, 1.54) is 25.1 Å². The third kappa shape index (κ3) is 3.63. The number of benzene rings is 3. The molecule has 0 saturated carbocycles. The molecule has 146 valence electrons. The number of halogens is 1. The third-order valence-corrected chi connectivity index (χ3v) is 6.37. The highest BCUT2D eigenvalue weighted by atomic mass is 32.2. The van der Waals surface area contributed by atoms with E-state index in [1.54, 1.807) is 0 Å². The van der Waals surface area contributed by atoms with Crippen molar-refractivity contribution in [3.05, 3.63) is 72.0 Å². The number of amides is 1. The van der Waals surface area contributed by atoms with Gasteiger partial charge in [-0.2, -0.15) is 0 Å². The summed E-state index contributed by atoms with van der Waals surface area (Å²) in [7, 11) is -1.37. The van der Waals surface area contributed by atoms with E-state index in [4.69, 9.17) is 0 Å². The highest BCUT2D eigenvalue weighted by molar-refractivity contribution is 7.89. The topological polar surface area (TPSA) is 57.7 Å². The van der Waals surface area contributed by atoms with Crippen molar-refractivity contribution in [2.45, 2.75) is 11.8 Å². The van der Waals surface area contributed by atoms with Gasteiger partial charge in [-0.3, -0.25) is 4.79 Å². The monoisotopic (exact) mass is 400 g/mol. The second-order valence-corrected chi connectivity index (χ2v) is 8.63. The molecule has 0 aliphatic heterocycles. The number of fused-ring (bicyclic) bond motifs is 1. The number of carbonyl (C=O) groups excluding carboxylic acids is 1. The molecule has 28 heavy (non-hydrogen) atoms. The SMILES string of the molecule is CCN(C(=O)c1ccc(F)c(S(=O)(=O)N(C)C)c1)c1ccc2ccccc2c1. The minimum Gasteiger partial charge on any atom is -0.309 e. The highest BCUT2D eigenvalue weighted by Crippen LogP contribution is 2.25. The molecule has 5 nitrogen and oxygen atoms in total. The number of sulfonamides is 1. The van der Waals surface area contributed by atoms with Gasteiger partial charge >= 0.3 is 0 Å². The summed E-state index contributed by atoms with van der Waals surface area (Å²) < 4.78 is 39.7. The first-order chi connectivity index (χ1) is 13.3. The van der Waals surface area contributed by atoms with Crippen LogP contribution >= 0.6 is 0 Å². The Kier molecular flexibility index (Phi) is 5.49. The predicted molar refractivity (Wildman–Crippen MR) is 109 cm³/mol. The van der Waals surface area contributed by atoms with Crippen LogP contribution in [0.4, 0.5) is 10.1 Å². The van der Waals surface area contributed by atoms with Gasteiger partial charge in [0.1, 0.15) is 10.7 Å². The van der Waals surface area contributed by atoms with Crippen LogP contribution in [0.25, 0.3) is 10.8 Å². The van der Waals surface area contributed by atoms with Crippen molar-refractivity contribution in [1.29, 1.82) is 0 Å². The maximum absolute atomic E-state index is 14.1. The first-order valence-electron chi connectivity index (χ1n) is 8.78. The van der Waals surface area contributed by atoms with Gasteiger partial charge in [0.15, 0.2) is 0 Å². The average Bonchev–Trinajstić information content (AvgIpc) is 2.68. The fraction of sp³-hybridized carbons (Fsp3) is 0.190. The summed E-state index contributed by atoms with van der Waals surface area (Å²) >= 11 is 0. The number of anilines is 1. The Morgan fingerprint density at radius 1 is 0.964 bits per heavy atom. The number of carbonyl (C=O) groups is 1. The Morgan fingerprint density at radius 2 is 1.64 bits per heavy atom. The molecule has 0 N–H and O–H groups in total. The second kappa shape index (κ2) is 7.69. The Balaban J connectivity index is 2.03. The zero-order valence-corrected chi connectivity index (χ0v) is 16.7. The molecule has 0 saturated heterocycles. The van der Waals surface area contributed by atoms with E-state index in [2.05, 4.69) is 0 Å². The lowest BCUT2D eigenvalue weighted by atomic mass is 10.1. The molecule has 1 amide bonds. The molecule has 0 bridgehead atoms. The molecule has 0 radical (unpaired) electrons. The van der Waals surface area contributed by atoms with Crippen molar-refractivity contribution in [2.24, 2.45) is 0 Å². The molecular weight excluding hydrogens is 379 g/mol. The van der Waals surface area contributed by atoms with Crippen molar-refractivity contribution in [2.75, 3.05) is 25.5 Å². The molecule has 7 heteroatoms. The lowest BCUT2D eigenvalue weighted by Gasteiger charge is -2.22. The largest absolute Gasteiger partial charge is 0.309 e. The van der Waals surface area contributed by atoms with E-state index in [0.29, 0.717) is 12.2 Å². The number of nitrogens with zero attached hydrogens (tertiary/aromatic N) is 2. The second-order valence-electron chi connectivity index (χ2n) is 6.51. The van der Waals surface area contributed by atoms with Crippen LogP contribution in [-0.2, 0) is 10.0 Å². The maximum Gasteiger partial charge on any atom is 0.258 e. The summed E-state index contributed by atoms with van der Waals surface area (Å²) in [5.74, 6) is -1.29. The van der Waals surface area contributed by atoms with Gasteiger partial charge in [0.2, 0.25) is 10.0 Å². The molecule has 0 aliphatic carbocycles. The smallest absolute Gasteiger partial charge is 0.258 e. The van der Waals surface area contributed by atoms with Crippen LogP contribution in [0.1, 0.15) is 17.3 Å². The molecule has 0 aliphatic rings. The summed E-state index contributed by atoms with van der Waals surface area (Å²) in [6.07, 6.45) is 0. The average molecular weight is 400 g/mol. The van der Waals surface area contributed by atoms with Crippen molar-refractivity contribution in [3.63, 3.8) is 0 Å². The van der Waals surface area contributed by atoms with Gasteiger partial charge < -0.3 is 4.90 Å². The van der Waals surface area contributed by atoms with Gasteiger partial charge in [0.05, 0.1) is 0 Å². The molecular formula is C21H21FN2O3S. The van der Waals surface area contributed by atoms with Crippen molar-refractivity contribution in [3.8, 4) is 0 Å². The summed E-state index contributed by atoms with van der Waals surface area (Å²) in [4.78, 5) is 14.1. The summed E-state index contributed by atoms with van der Waals surface area (Å²) in [6.45, 7) is 2.21. The van der Waals surface area contributed by atoms with E-state index in [0.717, 1.165) is 27.2 Å². The number of hydrogen-bond acceptors (Lipinski definition) is 3. The lowest BCUT2D eigenvalue weighted by molar-refractivity contribution is 0.0988.